The number of aromatic nitrogens is 3. The molecule has 0 fully saturated rings. The van der Waals surface area contributed by atoms with E-state index in [4.69, 9.17) is 6.57 Å². The maximum absolute atomic E-state index is 10.8. The predicted octanol–water partition coefficient (Wildman–Crippen LogP) is 13.1. The fraction of sp³-hybridized carbons (Fsp3) is 0. The normalized spacial score (nSPS) is 11.6. The van der Waals surface area contributed by atoms with Gasteiger partial charge in [0.1, 0.15) is 6.07 Å². The first-order valence-corrected chi connectivity index (χ1v) is 18.3. The highest BCUT2D eigenvalue weighted by atomic mass is 15.0. The molecule has 0 saturated heterocycles. The van der Waals surface area contributed by atoms with Crippen molar-refractivity contribution >= 4 is 71.1 Å². The van der Waals surface area contributed by atoms with Crippen molar-refractivity contribution in [1.82, 2.24) is 13.7 Å². The zero-order chi connectivity index (χ0) is 36.6. The highest BCUT2D eigenvalue weighted by molar-refractivity contribution is 6.16. The molecule has 0 aliphatic rings. The molecule has 5 heteroatoms. The van der Waals surface area contributed by atoms with Gasteiger partial charge in [-0.1, -0.05) is 115 Å². The molecule has 0 unspecified atom stereocenters. The maximum atomic E-state index is 10.8. The van der Waals surface area contributed by atoms with Crippen LogP contribution in [0.2, 0.25) is 0 Å². The molecule has 0 spiro atoms. The van der Waals surface area contributed by atoms with Crippen LogP contribution < -0.4 is 0 Å². The molecule has 0 aliphatic carbocycles. The summed E-state index contributed by atoms with van der Waals surface area (Å²) in [6, 6.07) is 63.6. The van der Waals surface area contributed by atoms with E-state index in [1.807, 2.05) is 36.4 Å². The Labute approximate surface area is 316 Å². The van der Waals surface area contributed by atoms with E-state index in [0.29, 0.717) is 11.3 Å². The molecule has 5 nitrogen and oxygen atoms in total. The van der Waals surface area contributed by atoms with Crippen molar-refractivity contribution in [3.05, 3.63) is 193 Å². The number of hydrogen-bond acceptors (Lipinski definition) is 1. The van der Waals surface area contributed by atoms with Crippen LogP contribution in [0, 0.1) is 17.9 Å². The number of rotatable bonds is 4. The molecule has 0 bridgehead atoms. The van der Waals surface area contributed by atoms with Gasteiger partial charge >= 0.3 is 0 Å². The first-order valence-electron chi connectivity index (χ1n) is 18.3. The highest BCUT2D eigenvalue weighted by Crippen LogP contribution is 2.44. The molecule has 11 aromatic rings. The Morgan fingerprint density at radius 3 is 1.65 bits per heavy atom. The van der Waals surface area contributed by atoms with Gasteiger partial charge < -0.3 is 13.7 Å². The summed E-state index contributed by atoms with van der Waals surface area (Å²) in [6.07, 6.45) is 0. The Hall–Kier alpha value is -7.86. The van der Waals surface area contributed by atoms with E-state index in [1.165, 1.54) is 10.8 Å². The van der Waals surface area contributed by atoms with Gasteiger partial charge in [-0.2, -0.15) is 5.26 Å². The van der Waals surface area contributed by atoms with Gasteiger partial charge in [0, 0.05) is 49.3 Å². The van der Waals surface area contributed by atoms with Gasteiger partial charge in [-0.3, -0.25) is 0 Å². The molecule has 0 radical (unpaired) electrons. The van der Waals surface area contributed by atoms with Gasteiger partial charge in [0.2, 0.25) is 0 Å². The summed E-state index contributed by atoms with van der Waals surface area (Å²) < 4.78 is 6.89. The molecule has 0 aliphatic heterocycles. The van der Waals surface area contributed by atoms with Crippen LogP contribution in [0.25, 0.3) is 98.5 Å². The number of hydrogen-bond donors (Lipinski definition) is 0. The average molecular weight is 700 g/mol. The Bertz CT molecular complexity index is 3420. The van der Waals surface area contributed by atoms with Gasteiger partial charge in [-0.15, -0.1) is 0 Å². The summed E-state index contributed by atoms with van der Waals surface area (Å²) in [7, 11) is 0. The SMILES string of the molecule is [C-]#[N+]c1cccc2c1c1ccccc1n2-c1ccccc1-c1cccc(C#N)c1-n1c2ccccc2c2cc(-n3c4ccccc4c4ccccc43)ccc21. The van der Waals surface area contributed by atoms with Gasteiger partial charge in [-0.25, -0.2) is 4.85 Å². The lowest BCUT2D eigenvalue weighted by Gasteiger charge is -2.19. The molecule has 8 aromatic carbocycles. The summed E-state index contributed by atoms with van der Waals surface area (Å²) in [5.41, 5.74) is 12.4. The van der Waals surface area contributed by atoms with Crippen molar-refractivity contribution in [3.8, 4) is 34.3 Å². The molecule has 0 amide bonds. The van der Waals surface area contributed by atoms with Crippen LogP contribution in [0.3, 0.4) is 0 Å². The fourth-order valence-corrected chi connectivity index (χ4v) is 8.88. The van der Waals surface area contributed by atoms with E-state index < -0.39 is 0 Å². The number of nitrogens with zero attached hydrogens (tertiary/aromatic N) is 5. The van der Waals surface area contributed by atoms with E-state index in [-0.39, 0.29) is 0 Å². The molecular weight excluding hydrogens is 671 g/mol. The second-order valence-electron chi connectivity index (χ2n) is 13.9. The topological polar surface area (TPSA) is 42.9 Å². The molecule has 0 N–H and O–H groups in total. The second kappa shape index (κ2) is 11.8. The summed E-state index contributed by atoms with van der Waals surface area (Å²) >= 11 is 0. The Balaban J connectivity index is 1.20. The number of benzene rings is 8. The summed E-state index contributed by atoms with van der Waals surface area (Å²) in [4.78, 5) is 3.91. The van der Waals surface area contributed by atoms with E-state index >= 15 is 0 Å². The third kappa shape index (κ3) is 4.33. The van der Waals surface area contributed by atoms with Crippen LogP contribution in [0.5, 0.6) is 0 Å². The number of fused-ring (bicyclic) bond motifs is 9. The molecule has 3 aromatic heterocycles. The van der Waals surface area contributed by atoms with Crippen LogP contribution in [0.15, 0.2) is 176 Å². The quantitative estimate of drug-likeness (QED) is 0.169. The predicted molar refractivity (Wildman–Crippen MR) is 226 cm³/mol. The van der Waals surface area contributed by atoms with E-state index in [0.717, 1.165) is 82.8 Å². The summed E-state index contributed by atoms with van der Waals surface area (Å²) in [5.74, 6) is 0. The standard InChI is InChI=1S/C50H29N5/c1-52-41-21-13-27-48-49(41)39-19-6-11-26-46(39)54(48)44-24-9-4-17-36(44)38-20-12-14-32(31-51)50(38)55-45-25-10-5-18-37(45)40-30-33(28-29-47(40)55)53-42-22-7-2-15-34(42)35-16-3-8-23-43(35)53/h2-30H. The lowest BCUT2D eigenvalue weighted by atomic mass is 9.98. The molecule has 11 rings (SSSR count). The van der Waals surface area contributed by atoms with Crippen molar-refractivity contribution in [2.45, 2.75) is 0 Å². The van der Waals surface area contributed by atoms with Crippen LogP contribution in [0.4, 0.5) is 5.69 Å². The minimum absolute atomic E-state index is 0.582. The molecule has 0 atom stereocenters. The van der Waals surface area contributed by atoms with Crippen molar-refractivity contribution < 1.29 is 0 Å². The van der Waals surface area contributed by atoms with Crippen LogP contribution in [-0.2, 0) is 0 Å². The lowest BCUT2D eigenvalue weighted by Crippen LogP contribution is -2.03. The second-order valence-corrected chi connectivity index (χ2v) is 13.9. The Morgan fingerprint density at radius 2 is 0.964 bits per heavy atom. The Morgan fingerprint density at radius 1 is 0.436 bits per heavy atom. The zero-order valence-corrected chi connectivity index (χ0v) is 29.5. The number of para-hydroxylation sites is 6. The molecule has 3 heterocycles. The van der Waals surface area contributed by atoms with E-state index in [9.17, 15) is 5.26 Å². The third-order valence-electron chi connectivity index (χ3n) is 11.1. The van der Waals surface area contributed by atoms with Crippen molar-refractivity contribution in [1.29, 1.82) is 5.26 Å². The molecule has 55 heavy (non-hydrogen) atoms. The average Bonchev–Trinajstić information content (AvgIpc) is 3.89. The van der Waals surface area contributed by atoms with E-state index in [1.54, 1.807) is 0 Å². The largest absolute Gasteiger partial charge is 0.310 e. The highest BCUT2D eigenvalue weighted by Gasteiger charge is 2.23. The Kier molecular flexibility index (Phi) is 6.61. The third-order valence-corrected chi connectivity index (χ3v) is 11.1. The minimum Gasteiger partial charge on any atom is -0.310 e. The van der Waals surface area contributed by atoms with Gasteiger partial charge in [0.25, 0.3) is 0 Å². The molecule has 254 valence electrons. The minimum atomic E-state index is 0.582. The van der Waals surface area contributed by atoms with Gasteiger partial charge in [0.15, 0.2) is 5.69 Å². The van der Waals surface area contributed by atoms with Crippen LogP contribution in [-0.4, -0.2) is 13.7 Å². The molecular formula is C50H29N5. The zero-order valence-electron chi connectivity index (χ0n) is 29.5. The first-order chi connectivity index (χ1) is 27.2. The fourth-order valence-electron chi connectivity index (χ4n) is 8.88. The number of nitriles is 1. The monoisotopic (exact) mass is 699 g/mol. The lowest BCUT2D eigenvalue weighted by molar-refractivity contribution is 1.15. The van der Waals surface area contributed by atoms with E-state index in [2.05, 4.69) is 164 Å². The summed E-state index contributed by atoms with van der Waals surface area (Å²) in [6.45, 7) is 7.98. The van der Waals surface area contributed by atoms with Gasteiger partial charge in [0.05, 0.1) is 51.1 Å². The summed E-state index contributed by atoms with van der Waals surface area (Å²) in [5, 5.41) is 17.4. The van der Waals surface area contributed by atoms with Crippen molar-refractivity contribution in [2.24, 2.45) is 0 Å². The van der Waals surface area contributed by atoms with Gasteiger partial charge in [-0.05, 0) is 66.0 Å². The maximum Gasteiger partial charge on any atom is 0.197 e. The smallest absolute Gasteiger partial charge is 0.197 e. The van der Waals surface area contributed by atoms with Crippen LogP contribution >= 0.6 is 0 Å². The molecule has 0 saturated carbocycles. The van der Waals surface area contributed by atoms with Crippen LogP contribution in [0.1, 0.15) is 5.56 Å². The van der Waals surface area contributed by atoms with Crippen molar-refractivity contribution in [3.63, 3.8) is 0 Å². The first kappa shape index (κ1) is 30.7. The van der Waals surface area contributed by atoms with Crippen molar-refractivity contribution in [2.75, 3.05) is 0 Å².